The number of thioether (sulfide) groups is 1. The lowest BCUT2D eigenvalue weighted by Crippen LogP contribution is -2.09. The van der Waals surface area contributed by atoms with Crippen LogP contribution in [0.4, 0.5) is 0 Å². The predicted octanol–water partition coefficient (Wildman–Crippen LogP) is 5.12. The van der Waals surface area contributed by atoms with Gasteiger partial charge in [0.05, 0.1) is 25.5 Å². The Balaban J connectivity index is 1.64. The molecule has 3 aromatic rings. The molecule has 0 saturated heterocycles. The van der Waals surface area contributed by atoms with Crippen molar-refractivity contribution in [2.45, 2.75) is 38.1 Å². The first-order valence-electron chi connectivity index (χ1n) is 9.67. The monoisotopic (exact) mass is 428 g/mol. The minimum atomic E-state index is -0.00659. The SMILES string of the molecule is COc1ccc(OC)c(C(=O)CSc2nc(C)nc3sc4c(c23)CCC(C)C4)c1. The number of Topliss-reactive ketones (excluding diaryl/α,β-unsaturated/α-hetero) is 1. The average Bonchev–Trinajstić information content (AvgIpc) is 3.08. The molecule has 152 valence electrons. The summed E-state index contributed by atoms with van der Waals surface area (Å²) in [6.45, 7) is 4.22. The van der Waals surface area contributed by atoms with Crippen molar-refractivity contribution in [3.63, 3.8) is 0 Å². The van der Waals surface area contributed by atoms with Crippen LogP contribution in [0.15, 0.2) is 23.2 Å². The van der Waals surface area contributed by atoms with Gasteiger partial charge in [0.15, 0.2) is 5.78 Å². The van der Waals surface area contributed by atoms with E-state index in [0.29, 0.717) is 23.0 Å². The molecular formula is C22H24N2O3S2. The van der Waals surface area contributed by atoms with Gasteiger partial charge >= 0.3 is 0 Å². The maximum atomic E-state index is 13.0. The quantitative estimate of drug-likeness (QED) is 0.309. The smallest absolute Gasteiger partial charge is 0.176 e. The van der Waals surface area contributed by atoms with Gasteiger partial charge in [0.25, 0.3) is 0 Å². The Kier molecular flexibility index (Phi) is 5.79. The van der Waals surface area contributed by atoms with Crippen LogP contribution >= 0.6 is 23.1 Å². The third-order valence-electron chi connectivity index (χ3n) is 5.28. The lowest BCUT2D eigenvalue weighted by atomic mass is 9.89. The second-order valence-corrected chi connectivity index (χ2v) is 9.43. The summed E-state index contributed by atoms with van der Waals surface area (Å²) in [7, 11) is 3.16. The van der Waals surface area contributed by atoms with Crippen molar-refractivity contribution < 1.29 is 14.3 Å². The number of aryl methyl sites for hydroxylation is 2. The van der Waals surface area contributed by atoms with Gasteiger partial charge in [-0.3, -0.25) is 4.79 Å². The minimum Gasteiger partial charge on any atom is -0.497 e. The lowest BCUT2D eigenvalue weighted by molar-refractivity contribution is 0.101. The van der Waals surface area contributed by atoms with E-state index in [2.05, 4.69) is 11.9 Å². The largest absolute Gasteiger partial charge is 0.497 e. The van der Waals surface area contributed by atoms with E-state index < -0.39 is 0 Å². The van der Waals surface area contributed by atoms with Crippen molar-refractivity contribution in [2.75, 3.05) is 20.0 Å². The number of benzene rings is 1. The fourth-order valence-electron chi connectivity index (χ4n) is 3.76. The predicted molar refractivity (Wildman–Crippen MR) is 118 cm³/mol. The molecule has 2 aromatic heterocycles. The first kappa shape index (κ1) is 20.2. The second kappa shape index (κ2) is 8.32. The van der Waals surface area contributed by atoms with Crippen LogP contribution in [-0.4, -0.2) is 35.7 Å². The molecule has 0 spiro atoms. The molecule has 4 rings (SSSR count). The summed E-state index contributed by atoms with van der Waals surface area (Å²) in [6.07, 6.45) is 3.37. The first-order chi connectivity index (χ1) is 14.0. The van der Waals surface area contributed by atoms with Crippen molar-refractivity contribution in [1.29, 1.82) is 0 Å². The first-order valence-corrected chi connectivity index (χ1v) is 11.5. The highest BCUT2D eigenvalue weighted by Crippen LogP contribution is 2.41. The summed E-state index contributed by atoms with van der Waals surface area (Å²) >= 11 is 3.28. The zero-order valence-electron chi connectivity index (χ0n) is 17.1. The van der Waals surface area contributed by atoms with Gasteiger partial charge in [-0.1, -0.05) is 18.7 Å². The highest BCUT2D eigenvalue weighted by Gasteiger charge is 2.24. The molecule has 2 heterocycles. The van der Waals surface area contributed by atoms with Crippen LogP contribution in [0.2, 0.25) is 0 Å². The van der Waals surface area contributed by atoms with Crippen molar-refractivity contribution >= 4 is 39.1 Å². The maximum Gasteiger partial charge on any atom is 0.176 e. The number of methoxy groups -OCH3 is 2. The molecule has 7 heteroatoms. The summed E-state index contributed by atoms with van der Waals surface area (Å²) in [5.74, 6) is 2.94. The number of carbonyl (C=O) groups excluding carboxylic acids is 1. The fourth-order valence-corrected chi connectivity index (χ4v) is 6.24. The standard InChI is InChI=1S/C22H24N2O3S2/c1-12-5-7-15-19(9-12)29-22-20(15)21(23-13(2)24-22)28-11-17(25)16-10-14(26-3)6-8-18(16)27-4/h6,8,10,12H,5,7,9,11H2,1-4H3. The Morgan fingerprint density at radius 2 is 2.10 bits per heavy atom. The Morgan fingerprint density at radius 3 is 2.86 bits per heavy atom. The Morgan fingerprint density at radius 1 is 1.28 bits per heavy atom. The topological polar surface area (TPSA) is 61.3 Å². The molecule has 5 nitrogen and oxygen atoms in total. The fraction of sp³-hybridized carbons (Fsp3) is 0.409. The third kappa shape index (κ3) is 3.98. The van der Waals surface area contributed by atoms with Gasteiger partial charge in [-0.05, 0) is 55.9 Å². The van der Waals surface area contributed by atoms with Crippen LogP contribution in [0.25, 0.3) is 10.2 Å². The summed E-state index contributed by atoms with van der Waals surface area (Å²) in [6, 6.07) is 5.29. The molecule has 0 amide bonds. The number of hydrogen-bond acceptors (Lipinski definition) is 7. The highest BCUT2D eigenvalue weighted by molar-refractivity contribution is 8.00. The number of ether oxygens (including phenoxy) is 2. The van der Waals surface area contributed by atoms with Crippen LogP contribution in [0.3, 0.4) is 0 Å². The van der Waals surface area contributed by atoms with Gasteiger partial charge in [-0.15, -0.1) is 11.3 Å². The number of fused-ring (bicyclic) bond motifs is 3. The molecule has 0 radical (unpaired) electrons. The summed E-state index contributed by atoms with van der Waals surface area (Å²) in [5.41, 5.74) is 1.92. The van der Waals surface area contributed by atoms with Gasteiger partial charge < -0.3 is 9.47 Å². The van der Waals surface area contributed by atoms with E-state index in [9.17, 15) is 4.79 Å². The number of aromatic nitrogens is 2. The molecule has 0 aliphatic heterocycles. The van der Waals surface area contributed by atoms with Gasteiger partial charge in [0.2, 0.25) is 0 Å². The maximum absolute atomic E-state index is 13.0. The Bertz CT molecular complexity index is 1080. The molecule has 0 bridgehead atoms. The number of hydrogen-bond donors (Lipinski definition) is 0. The van der Waals surface area contributed by atoms with Crippen molar-refractivity contribution in [3.05, 3.63) is 40.0 Å². The second-order valence-electron chi connectivity index (χ2n) is 7.39. The van der Waals surface area contributed by atoms with Gasteiger partial charge in [-0.25, -0.2) is 9.97 Å². The van der Waals surface area contributed by atoms with Crippen LogP contribution in [-0.2, 0) is 12.8 Å². The number of nitrogens with zero attached hydrogens (tertiary/aromatic N) is 2. The Hall–Kier alpha value is -2.12. The zero-order chi connectivity index (χ0) is 20.5. The van der Waals surface area contributed by atoms with E-state index in [4.69, 9.17) is 14.5 Å². The van der Waals surface area contributed by atoms with Crippen LogP contribution in [0.1, 0.15) is 40.0 Å². The summed E-state index contributed by atoms with van der Waals surface area (Å²) < 4.78 is 10.6. The normalized spacial score (nSPS) is 15.9. The number of thiophene rings is 1. The minimum absolute atomic E-state index is 0.00659. The highest BCUT2D eigenvalue weighted by atomic mass is 32.2. The summed E-state index contributed by atoms with van der Waals surface area (Å²) in [5, 5.41) is 2.06. The molecule has 0 N–H and O–H groups in total. The molecule has 1 aliphatic rings. The molecular weight excluding hydrogens is 404 g/mol. The van der Waals surface area contributed by atoms with Crippen molar-refractivity contribution in [1.82, 2.24) is 9.97 Å². The van der Waals surface area contributed by atoms with E-state index in [1.165, 1.54) is 28.6 Å². The van der Waals surface area contributed by atoms with E-state index in [0.717, 1.165) is 33.9 Å². The van der Waals surface area contributed by atoms with E-state index in [1.807, 2.05) is 6.92 Å². The molecule has 1 unspecified atom stereocenters. The van der Waals surface area contributed by atoms with E-state index >= 15 is 0 Å². The molecule has 1 atom stereocenters. The van der Waals surface area contributed by atoms with Gasteiger partial charge in [-0.2, -0.15) is 0 Å². The number of carbonyl (C=O) groups is 1. The average molecular weight is 429 g/mol. The molecule has 1 aromatic carbocycles. The third-order valence-corrected chi connectivity index (χ3v) is 7.40. The summed E-state index contributed by atoms with van der Waals surface area (Å²) in [4.78, 5) is 24.8. The van der Waals surface area contributed by atoms with Crippen molar-refractivity contribution in [3.8, 4) is 11.5 Å². The molecule has 1 aliphatic carbocycles. The Labute approximate surface area is 178 Å². The lowest BCUT2D eigenvalue weighted by Gasteiger charge is -2.18. The molecule has 0 fully saturated rings. The van der Waals surface area contributed by atoms with Crippen LogP contribution in [0.5, 0.6) is 11.5 Å². The molecule has 29 heavy (non-hydrogen) atoms. The van der Waals surface area contributed by atoms with Crippen LogP contribution < -0.4 is 9.47 Å². The van der Waals surface area contributed by atoms with E-state index in [-0.39, 0.29) is 11.5 Å². The van der Waals surface area contributed by atoms with Crippen molar-refractivity contribution in [2.24, 2.45) is 5.92 Å². The zero-order valence-corrected chi connectivity index (χ0v) is 18.7. The molecule has 0 saturated carbocycles. The number of ketones is 1. The van der Waals surface area contributed by atoms with Gasteiger partial charge in [0.1, 0.15) is 27.2 Å². The number of rotatable bonds is 6. The van der Waals surface area contributed by atoms with E-state index in [1.54, 1.807) is 43.8 Å². The van der Waals surface area contributed by atoms with Gasteiger partial charge in [0, 0.05) is 10.3 Å². The van der Waals surface area contributed by atoms with Crippen LogP contribution in [0, 0.1) is 12.8 Å².